The molecule has 0 radical (unpaired) electrons. The van der Waals surface area contributed by atoms with Crippen molar-refractivity contribution in [3.63, 3.8) is 0 Å². The second kappa shape index (κ2) is 8.04. The average molecular weight is 229 g/mol. The van der Waals surface area contributed by atoms with Gasteiger partial charge in [-0.15, -0.1) is 0 Å². The Bertz CT molecular complexity index is 167. The Labute approximate surface area is 99.6 Å². The third kappa shape index (κ3) is 5.28. The number of likely N-dealkylation sites (N-methyl/N-ethyl adjacent to an activating group) is 1. The quantitative estimate of drug-likeness (QED) is 0.701. The van der Waals surface area contributed by atoms with E-state index in [1.165, 1.54) is 25.7 Å². The molecule has 1 fully saturated rings. The summed E-state index contributed by atoms with van der Waals surface area (Å²) in [5, 5.41) is 12.4. The van der Waals surface area contributed by atoms with E-state index in [-0.39, 0.29) is 12.6 Å². The molecule has 3 nitrogen and oxygen atoms in total. The van der Waals surface area contributed by atoms with Gasteiger partial charge >= 0.3 is 0 Å². The lowest BCUT2D eigenvalue weighted by atomic mass is 9.89. The van der Waals surface area contributed by atoms with Crippen LogP contribution in [0.25, 0.3) is 0 Å². The normalized spacial score (nSPS) is 27.9. The fraction of sp³-hybridized carbons (Fsp3) is 1.00. The van der Waals surface area contributed by atoms with Gasteiger partial charge in [-0.3, -0.25) is 0 Å². The van der Waals surface area contributed by atoms with Crippen LogP contribution >= 0.6 is 0 Å². The largest absolute Gasteiger partial charge is 0.395 e. The van der Waals surface area contributed by atoms with Crippen LogP contribution in [-0.2, 0) is 4.74 Å². The zero-order valence-electron chi connectivity index (χ0n) is 10.7. The summed E-state index contributed by atoms with van der Waals surface area (Å²) in [6.07, 6.45) is 6.43. The van der Waals surface area contributed by atoms with E-state index in [4.69, 9.17) is 9.84 Å². The highest BCUT2D eigenvalue weighted by molar-refractivity contribution is 4.71. The summed E-state index contributed by atoms with van der Waals surface area (Å²) in [5.41, 5.74) is 0. The van der Waals surface area contributed by atoms with Crippen molar-refractivity contribution >= 4 is 0 Å². The monoisotopic (exact) mass is 229 g/mol. The lowest BCUT2D eigenvalue weighted by molar-refractivity contribution is 0.0131. The summed E-state index contributed by atoms with van der Waals surface area (Å²) < 4.78 is 5.86. The number of rotatable bonds is 7. The lowest BCUT2D eigenvalue weighted by Crippen LogP contribution is -2.34. The SMILES string of the molecule is CCNC(CO)CCOC1CCC(C)CC1. The fourth-order valence-electron chi connectivity index (χ4n) is 2.32. The van der Waals surface area contributed by atoms with Gasteiger partial charge in [0.1, 0.15) is 0 Å². The highest BCUT2D eigenvalue weighted by atomic mass is 16.5. The predicted octanol–water partition coefficient (Wildman–Crippen LogP) is 1.94. The Hall–Kier alpha value is -0.120. The number of aliphatic hydroxyl groups is 1. The van der Waals surface area contributed by atoms with Crippen molar-refractivity contribution in [2.24, 2.45) is 5.92 Å². The first-order chi connectivity index (χ1) is 7.76. The Morgan fingerprint density at radius 2 is 2.00 bits per heavy atom. The molecule has 3 heteroatoms. The predicted molar refractivity (Wildman–Crippen MR) is 66.5 cm³/mol. The summed E-state index contributed by atoms with van der Waals surface area (Å²) in [4.78, 5) is 0. The minimum Gasteiger partial charge on any atom is -0.395 e. The second-order valence-electron chi connectivity index (χ2n) is 4.98. The van der Waals surface area contributed by atoms with E-state index in [1.54, 1.807) is 0 Å². The standard InChI is InChI=1S/C13H27NO2/c1-3-14-12(10-15)8-9-16-13-6-4-11(2)5-7-13/h11-15H,3-10H2,1-2H3. The molecule has 16 heavy (non-hydrogen) atoms. The van der Waals surface area contributed by atoms with Crippen LogP contribution in [0.1, 0.15) is 46.0 Å². The molecule has 0 amide bonds. The van der Waals surface area contributed by atoms with Gasteiger partial charge in [-0.2, -0.15) is 0 Å². The molecule has 0 aromatic carbocycles. The van der Waals surface area contributed by atoms with Crippen LogP contribution in [0.15, 0.2) is 0 Å². The van der Waals surface area contributed by atoms with E-state index in [1.807, 2.05) is 0 Å². The Morgan fingerprint density at radius 1 is 1.31 bits per heavy atom. The van der Waals surface area contributed by atoms with Gasteiger partial charge in [0.15, 0.2) is 0 Å². The zero-order valence-corrected chi connectivity index (χ0v) is 10.7. The van der Waals surface area contributed by atoms with Gasteiger partial charge in [-0.25, -0.2) is 0 Å². The Balaban J connectivity index is 2.05. The van der Waals surface area contributed by atoms with Gasteiger partial charge in [0.25, 0.3) is 0 Å². The molecule has 2 N–H and O–H groups in total. The highest BCUT2D eigenvalue weighted by Crippen LogP contribution is 2.25. The first-order valence-electron chi connectivity index (χ1n) is 6.72. The minimum absolute atomic E-state index is 0.201. The van der Waals surface area contributed by atoms with Crippen molar-refractivity contribution in [3.8, 4) is 0 Å². The van der Waals surface area contributed by atoms with Crippen LogP contribution in [0.4, 0.5) is 0 Å². The van der Waals surface area contributed by atoms with Crippen molar-refractivity contribution in [2.75, 3.05) is 19.8 Å². The van der Waals surface area contributed by atoms with Gasteiger partial charge in [0.05, 0.1) is 12.7 Å². The Kier molecular flexibility index (Phi) is 7.01. The number of nitrogens with one attached hydrogen (secondary N) is 1. The molecule has 0 bridgehead atoms. The molecule has 0 aliphatic heterocycles. The van der Waals surface area contributed by atoms with Crippen molar-refractivity contribution in [3.05, 3.63) is 0 Å². The van der Waals surface area contributed by atoms with Crippen LogP contribution in [-0.4, -0.2) is 37.0 Å². The van der Waals surface area contributed by atoms with Crippen LogP contribution < -0.4 is 5.32 Å². The molecular formula is C13H27NO2. The van der Waals surface area contributed by atoms with Gasteiger partial charge in [0.2, 0.25) is 0 Å². The van der Waals surface area contributed by atoms with Crippen LogP contribution in [0.5, 0.6) is 0 Å². The van der Waals surface area contributed by atoms with Crippen molar-refractivity contribution in [1.29, 1.82) is 0 Å². The van der Waals surface area contributed by atoms with Crippen molar-refractivity contribution in [2.45, 2.75) is 58.1 Å². The maximum absolute atomic E-state index is 9.11. The van der Waals surface area contributed by atoms with Gasteiger partial charge < -0.3 is 15.2 Å². The summed E-state index contributed by atoms with van der Waals surface area (Å²) in [5.74, 6) is 0.881. The maximum Gasteiger partial charge on any atom is 0.0585 e. The summed E-state index contributed by atoms with van der Waals surface area (Å²) >= 11 is 0. The summed E-state index contributed by atoms with van der Waals surface area (Å²) in [6, 6.07) is 0.201. The lowest BCUT2D eigenvalue weighted by Gasteiger charge is -2.27. The molecule has 1 aliphatic carbocycles. The first kappa shape index (κ1) is 13.9. The molecular weight excluding hydrogens is 202 g/mol. The number of aliphatic hydroxyl groups excluding tert-OH is 1. The number of ether oxygens (including phenoxy) is 1. The summed E-state index contributed by atoms with van der Waals surface area (Å²) in [7, 11) is 0. The molecule has 0 heterocycles. The van der Waals surface area contributed by atoms with Crippen molar-refractivity contribution in [1.82, 2.24) is 5.32 Å². The van der Waals surface area contributed by atoms with E-state index < -0.39 is 0 Å². The third-order valence-electron chi connectivity index (χ3n) is 3.50. The minimum atomic E-state index is 0.201. The third-order valence-corrected chi connectivity index (χ3v) is 3.50. The van der Waals surface area contributed by atoms with E-state index in [2.05, 4.69) is 19.2 Å². The molecule has 0 saturated heterocycles. The second-order valence-corrected chi connectivity index (χ2v) is 4.98. The average Bonchev–Trinajstić information content (AvgIpc) is 2.30. The maximum atomic E-state index is 9.11. The van der Waals surface area contributed by atoms with Crippen molar-refractivity contribution < 1.29 is 9.84 Å². The molecule has 1 atom stereocenters. The number of hydrogen-bond donors (Lipinski definition) is 2. The van der Waals surface area contributed by atoms with E-state index in [0.717, 1.165) is 25.5 Å². The van der Waals surface area contributed by atoms with Gasteiger partial charge in [-0.1, -0.05) is 13.8 Å². The van der Waals surface area contributed by atoms with Gasteiger partial charge in [0, 0.05) is 12.6 Å². The highest BCUT2D eigenvalue weighted by Gasteiger charge is 2.18. The van der Waals surface area contributed by atoms with E-state index >= 15 is 0 Å². The number of hydrogen-bond acceptors (Lipinski definition) is 3. The zero-order chi connectivity index (χ0) is 11.8. The van der Waals surface area contributed by atoms with Crippen LogP contribution in [0, 0.1) is 5.92 Å². The molecule has 96 valence electrons. The molecule has 1 saturated carbocycles. The van der Waals surface area contributed by atoms with Gasteiger partial charge in [-0.05, 0) is 44.6 Å². The topological polar surface area (TPSA) is 41.5 Å². The molecule has 1 aliphatic rings. The smallest absolute Gasteiger partial charge is 0.0585 e. The van der Waals surface area contributed by atoms with Crippen LogP contribution in [0.3, 0.4) is 0 Å². The molecule has 1 rings (SSSR count). The van der Waals surface area contributed by atoms with E-state index in [9.17, 15) is 0 Å². The van der Waals surface area contributed by atoms with Crippen LogP contribution in [0.2, 0.25) is 0 Å². The first-order valence-corrected chi connectivity index (χ1v) is 6.72. The molecule has 1 unspecified atom stereocenters. The Morgan fingerprint density at radius 3 is 2.56 bits per heavy atom. The van der Waals surface area contributed by atoms with E-state index in [0.29, 0.717) is 6.10 Å². The molecule has 0 aromatic rings. The summed E-state index contributed by atoms with van der Waals surface area (Å²) in [6.45, 7) is 6.28. The molecule has 0 spiro atoms. The fourth-order valence-corrected chi connectivity index (χ4v) is 2.32. The molecule has 0 aromatic heterocycles.